The molecule has 0 N–H and O–H groups in total. The van der Waals surface area contributed by atoms with Gasteiger partial charge in [-0.1, -0.05) is 159 Å². The third-order valence-electron chi connectivity index (χ3n) is 9.60. The van der Waals surface area contributed by atoms with E-state index in [2.05, 4.69) is 159 Å². The molecule has 0 saturated heterocycles. The topological polar surface area (TPSA) is 0 Å². The lowest BCUT2D eigenvalue weighted by atomic mass is 9.67. The average Bonchev–Trinajstić information content (AvgIpc) is 3.45. The lowest BCUT2D eigenvalue weighted by molar-refractivity contribution is 0.659. The number of fused-ring (bicyclic) bond motifs is 6. The summed E-state index contributed by atoms with van der Waals surface area (Å²) in [7, 11) is 0. The van der Waals surface area contributed by atoms with Crippen LogP contribution in [-0.2, 0) is 17.3 Å². The van der Waals surface area contributed by atoms with E-state index in [0.717, 1.165) is 6.42 Å². The van der Waals surface area contributed by atoms with Gasteiger partial charge >= 0.3 is 0 Å². The van der Waals surface area contributed by atoms with Gasteiger partial charge in [0.1, 0.15) is 0 Å². The molecule has 196 valence electrons. The third-order valence-corrected chi connectivity index (χ3v) is 9.60. The van der Waals surface area contributed by atoms with Crippen molar-refractivity contribution in [1.29, 1.82) is 0 Å². The number of hydrogen-bond acceptors (Lipinski definition) is 0. The van der Waals surface area contributed by atoms with Gasteiger partial charge in [0, 0.05) is 5.41 Å². The summed E-state index contributed by atoms with van der Waals surface area (Å²) in [6.45, 7) is 4.72. The SMILES string of the molecule is CC1(C)c2ccccc2-c2ccc(Cc3ccc(C4(c5ccccc5)c5ccccc5-c5ccccc54)cc3)cc21. The molecule has 0 radical (unpaired) electrons. The highest BCUT2D eigenvalue weighted by molar-refractivity contribution is 5.86. The van der Waals surface area contributed by atoms with Crippen LogP contribution in [0, 0.1) is 0 Å². The van der Waals surface area contributed by atoms with Crippen molar-refractivity contribution < 1.29 is 0 Å². The fourth-order valence-electron chi connectivity index (χ4n) is 7.68. The molecule has 41 heavy (non-hydrogen) atoms. The Hall–Kier alpha value is -4.68. The number of benzene rings is 6. The second kappa shape index (κ2) is 8.91. The summed E-state index contributed by atoms with van der Waals surface area (Å²) < 4.78 is 0. The lowest BCUT2D eigenvalue weighted by Gasteiger charge is -2.34. The van der Waals surface area contributed by atoms with Crippen LogP contribution in [0.15, 0.2) is 146 Å². The number of hydrogen-bond donors (Lipinski definition) is 0. The molecule has 8 rings (SSSR count). The van der Waals surface area contributed by atoms with Crippen LogP contribution >= 0.6 is 0 Å². The maximum Gasteiger partial charge on any atom is 0.0713 e. The number of rotatable bonds is 4. The Morgan fingerprint density at radius 3 is 1.49 bits per heavy atom. The van der Waals surface area contributed by atoms with Crippen molar-refractivity contribution in [2.75, 3.05) is 0 Å². The van der Waals surface area contributed by atoms with E-state index >= 15 is 0 Å². The first-order chi connectivity index (χ1) is 20.1. The van der Waals surface area contributed by atoms with E-state index in [-0.39, 0.29) is 10.8 Å². The first-order valence-electron chi connectivity index (χ1n) is 14.7. The first-order valence-corrected chi connectivity index (χ1v) is 14.7. The lowest BCUT2D eigenvalue weighted by Crippen LogP contribution is -2.28. The van der Waals surface area contributed by atoms with Crippen LogP contribution in [0.1, 0.15) is 58.4 Å². The smallest absolute Gasteiger partial charge is 0.0622 e. The molecule has 0 saturated carbocycles. The summed E-state index contributed by atoms with van der Waals surface area (Å²) >= 11 is 0. The Morgan fingerprint density at radius 1 is 0.390 bits per heavy atom. The summed E-state index contributed by atoms with van der Waals surface area (Å²) in [6.07, 6.45) is 0.922. The molecule has 0 aliphatic heterocycles. The Morgan fingerprint density at radius 2 is 0.854 bits per heavy atom. The molecule has 0 heteroatoms. The molecular formula is C41H32. The molecule has 6 aromatic carbocycles. The van der Waals surface area contributed by atoms with Crippen molar-refractivity contribution in [2.45, 2.75) is 31.1 Å². The molecule has 0 heterocycles. The van der Waals surface area contributed by atoms with Crippen LogP contribution in [0.2, 0.25) is 0 Å². The fraction of sp³-hybridized carbons (Fsp3) is 0.122. The normalized spacial score (nSPS) is 15.1. The molecule has 2 aliphatic rings. The van der Waals surface area contributed by atoms with Crippen molar-refractivity contribution in [3.8, 4) is 22.3 Å². The van der Waals surface area contributed by atoms with E-state index in [4.69, 9.17) is 0 Å². The van der Waals surface area contributed by atoms with Crippen LogP contribution in [0.25, 0.3) is 22.3 Å². The minimum atomic E-state index is -0.337. The van der Waals surface area contributed by atoms with E-state index in [0.29, 0.717) is 0 Å². The quantitative estimate of drug-likeness (QED) is 0.215. The summed E-state index contributed by atoms with van der Waals surface area (Å²) in [5, 5.41) is 0. The van der Waals surface area contributed by atoms with Gasteiger partial charge in [0.15, 0.2) is 0 Å². The Labute approximate surface area is 243 Å². The van der Waals surface area contributed by atoms with Crippen molar-refractivity contribution in [1.82, 2.24) is 0 Å². The van der Waals surface area contributed by atoms with Gasteiger partial charge in [0.25, 0.3) is 0 Å². The molecule has 0 unspecified atom stereocenters. The van der Waals surface area contributed by atoms with Crippen LogP contribution in [0.5, 0.6) is 0 Å². The minimum Gasteiger partial charge on any atom is -0.0622 e. The van der Waals surface area contributed by atoms with Gasteiger partial charge in [-0.2, -0.15) is 0 Å². The van der Waals surface area contributed by atoms with Gasteiger partial charge in [0.05, 0.1) is 5.41 Å². The summed E-state index contributed by atoms with van der Waals surface area (Å²) in [4.78, 5) is 0. The van der Waals surface area contributed by atoms with E-state index in [9.17, 15) is 0 Å². The predicted molar refractivity (Wildman–Crippen MR) is 171 cm³/mol. The van der Waals surface area contributed by atoms with E-state index in [1.54, 1.807) is 0 Å². The zero-order valence-corrected chi connectivity index (χ0v) is 23.6. The zero-order valence-electron chi connectivity index (χ0n) is 23.6. The monoisotopic (exact) mass is 524 g/mol. The van der Waals surface area contributed by atoms with Crippen LogP contribution in [0.3, 0.4) is 0 Å². The van der Waals surface area contributed by atoms with Gasteiger partial charge in [-0.25, -0.2) is 0 Å². The molecule has 0 nitrogen and oxygen atoms in total. The molecule has 0 bridgehead atoms. The highest BCUT2D eigenvalue weighted by atomic mass is 14.5. The molecular weight excluding hydrogens is 492 g/mol. The summed E-state index contributed by atoms with van der Waals surface area (Å²) in [6, 6.07) is 54.3. The van der Waals surface area contributed by atoms with E-state index < -0.39 is 0 Å². The maximum atomic E-state index is 2.44. The molecule has 0 amide bonds. The molecule has 2 aliphatic carbocycles. The van der Waals surface area contributed by atoms with E-state index in [1.165, 1.54) is 66.8 Å². The van der Waals surface area contributed by atoms with Crippen LogP contribution in [0.4, 0.5) is 0 Å². The Kier molecular flexibility index (Phi) is 5.25. The van der Waals surface area contributed by atoms with Gasteiger partial charge in [-0.15, -0.1) is 0 Å². The van der Waals surface area contributed by atoms with Crippen LogP contribution in [-0.4, -0.2) is 0 Å². The largest absolute Gasteiger partial charge is 0.0713 e. The predicted octanol–water partition coefficient (Wildman–Crippen LogP) is 9.95. The van der Waals surface area contributed by atoms with Gasteiger partial charge in [0.2, 0.25) is 0 Å². The Bertz CT molecular complexity index is 1880. The summed E-state index contributed by atoms with van der Waals surface area (Å²) in [5.74, 6) is 0. The van der Waals surface area contributed by atoms with Crippen LogP contribution < -0.4 is 0 Å². The molecule has 0 aromatic heterocycles. The summed E-state index contributed by atoms with van der Waals surface area (Å²) in [5.41, 5.74) is 16.0. The average molecular weight is 525 g/mol. The second-order valence-electron chi connectivity index (χ2n) is 12.1. The molecule has 0 fully saturated rings. The van der Waals surface area contributed by atoms with Gasteiger partial charge < -0.3 is 0 Å². The maximum absolute atomic E-state index is 2.44. The highest BCUT2D eigenvalue weighted by Crippen LogP contribution is 2.56. The van der Waals surface area contributed by atoms with Crippen molar-refractivity contribution in [3.63, 3.8) is 0 Å². The minimum absolute atomic E-state index is 0.0249. The van der Waals surface area contributed by atoms with Crippen molar-refractivity contribution >= 4 is 0 Å². The van der Waals surface area contributed by atoms with Gasteiger partial charge in [-0.3, -0.25) is 0 Å². The molecule has 0 atom stereocenters. The second-order valence-corrected chi connectivity index (χ2v) is 12.1. The van der Waals surface area contributed by atoms with Gasteiger partial charge in [-0.05, 0) is 73.2 Å². The van der Waals surface area contributed by atoms with Crippen molar-refractivity contribution in [2.24, 2.45) is 0 Å². The van der Waals surface area contributed by atoms with Crippen molar-refractivity contribution in [3.05, 3.63) is 190 Å². The van der Waals surface area contributed by atoms with E-state index in [1.807, 2.05) is 0 Å². The molecule has 6 aromatic rings. The zero-order chi connectivity index (χ0) is 27.6. The fourth-order valence-corrected chi connectivity index (χ4v) is 7.68. The standard InChI is InChI=1S/C41H32/c1-40(2)36-17-9-6-14-32(36)35-25-22-29(27-39(35)40)26-28-20-23-31(24-21-28)41(30-12-4-3-5-13-30)37-18-10-7-15-33(37)34-16-8-11-19-38(34)41/h3-25,27H,26H2,1-2H3. The third kappa shape index (κ3) is 3.40. The molecule has 0 spiro atoms. The highest BCUT2D eigenvalue weighted by Gasteiger charge is 2.45. The Balaban J connectivity index is 1.21. The first kappa shape index (κ1) is 24.1.